The van der Waals surface area contributed by atoms with E-state index in [1.54, 1.807) is 53.5 Å². The summed E-state index contributed by atoms with van der Waals surface area (Å²) in [7, 11) is 0. The molecule has 0 aliphatic heterocycles. The van der Waals surface area contributed by atoms with Gasteiger partial charge in [-0.3, -0.25) is 9.59 Å². The van der Waals surface area contributed by atoms with Crippen LogP contribution in [0.25, 0.3) is 5.69 Å². The van der Waals surface area contributed by atoms with Gasteiger partial charge in [-0.05, 0) is 49.7 Å². The van der Waals surface area contributed by atoms with E-state index >= 15 is 0 Å². The van der Waals surface area contributed by atoms with Crippen LogP contribution < -0.4 is 10.6 Å². The first-order chi connectivity index (χ1) is 12.6. The Morgan fingerprint density at radius 3 is 2.62 bits per heavy atom. The van der Waals surface area contributed by atoms with Crippen molar-refractivity contribution in [2.24, 2.45) is 0 Å². The van der Waals surface area contributed by atoms with Crippen molar-refractivity contribution in [3.8, 4) is 5.69 Å². The number of rotatable bonds is 5. The van der Waals surface area contributed by atoms with Crippen molar-refractivity contribution < 1.29 is 9.59 Å². The number of anilines is 1. The molecule has 0 saturated heterocycles. The third-order valence-electron chi connectivity index (χ3n) is 3.89. The van der Waals surface area contributed by atoms with Gasteiger partial charge in [0.25, 0.3) is 11.8 Å². The zero-order valence-corrected chi connectivity index (χ0v) is 14.6. The maximum absolute atomic E-state index is 12.8. The second-order valence-electron chi connectivity index (χ2n) is 5.71. The number of carbonyl (C=O) groups excluding carboxylic acids is 2. The molecule has 2 amide bonds. The normalized spacial score (nSPS) is 10.4. The highest BCUT2D eigenvalue weighted by molar-refractivity contribution is 6.07. The number of carbonyl (C=O) groups is 2. The van der Waals surface area contributed by atoms with Gasteiger partial charge < -0.3 is 10.6 Å². The maximum atomic E-state index is 12.8. The van der Waals surface area contributed by atoms with Gasteiger partial charge >= 0.3 is 0 Å². The predicted molar refractivity (Wildman–Crippen MR) is 98.5 cm³/mol. The Kier molecular flexibility index (Phi) is 5.07. The van der Waals surface area contributed by atoms with E-state index in [9.17, 15) is 9.59 Å². The lowest BCUT2D eigenvalue weighted by Gasteiger charge is -2.12. The molecule has 0 radical (unpaired) electrons. The highest BCUT2D eigenvalue weighted by atomic mass is 16.2. The minimum Gasteiger partial charge on any atom is -0.352 e. The summed E-state index contributed by atoms with van der Waals surface area (Å²) in [6.45, 7) is 4.28. The molecule has 3 aromatic rings. The van der Waals surface area contributed by atoms with Crippen molar-refractivity contribution in [2.75, 3.05) is 11.9 Å². The average Bonchev–Trinajstić information content (AvgIpc) is 3.18. The van der Waals surface area contributed by atoms with Gasteiger partial charge in [-0.15, -0.1) is 5.10 Å². The van der Waals surface area contributed by atoms with Crippen LogP contribution in [-0.2, 0) is 0 Å². The highest BCUT2D eigenvalue weighted by Gasteiger charge is 2.15. The molecular weight excluding hydrogens is 330 g/mol. The Balaban J connectivity index is 1.84. The van der Waals surface area contributed by atoms with Crippen LogP contribution in [0, 0.1) is 6.92 Å². The van der Waals surface area contributed by atoms with Crippen LogP contribution in [0.2, 0.25) is 0 Å². The van der Waals surface area contributed by atoms with Gasteiger partial charge in [0.15, 0.2) is 0 Å². The summed E-state index contributed by atoms with van der Waals surface area (Å²) in [6.07, 6.45) is 3.23. The fourth-order valence-electron chi connectivity index (χ4n) is 2.60. The molecule has 0 fully saturated rings. The molecule has 2 N–H and O–H groups in total. The van der Waals surface area contributed by atoms with E-state index in [0.717, 1.165) is 5.56 Å². The van der Waals surface area contributed by atoms with Gasteiger partial charge in [-0.1, -0.05) is 17.3 Å². The van der Waals surface area contributed by atoms with E-state index in [0.29, 0.717) is 29.0 Å². The van der Waals surface area contributed by atoms with Gasteiger partial charge in [-0.25, -0.2) is 4.68 Å². The smallest absolute Gasteiger partial charge is 0.257 e. The molecule has 0 unspecified atom stereocenters. The molecule has 0 bridgehead atoms. The Morgan fingerprint density at radius 2 is 1.92 bits per heavy atom. The maximum Gasteiger partial charge on any atom is 0.257 e. The van der Waals surface area contributed by atoms with Gasteiger partial charge in [0.05, 0.1) is 23.6 Å². The third kappa shape index (κ3) is 3.61. The largest absolute Gasteiger partial charge is 0.352 e. The number of hydrogen-bond donors (Lipinski definition) is 2. The summed E-state index contributed by atoms with van der Waals surface area (Å²) in [5.41, 5.74) is 3.13. The monoisotopic (exact) mass is 349 g/mol. The zero-order valence-electron chi connectivity index (χ0n) is 14.6. The van der Waals surface area contributed by atoms with E-state index in [-0.39, 0.29) is 11.8 Å². The zero-order chi connectivity index (χ0) is 18.5. The number of hydrogen-bond acceptors (Lipinski definition) is 4. The second kappa shape index (κ2) is 7.60. The summed E-state index contributed by atoms with van der Waals surface area (Å²) in [5, 5.41) is 13.4. The lowest BCUT2D eigenvalue weighted by molar-refractivity contribution is 0.0955. The lowest BCUT2D eigenvalue weighted by atomic mass is 10.1. The standard InChI is InChI=1S/C19H19N5O2/c1-3-20-18(25)14-8-9-16(13(2)12-14)22-19(26)15-6-4-5-7-17(15)24-11-10-21-23-24/h4-12H,3H2,1-2H3,(H,20,25)(H,22,26). The topological polar surface area (TPSA) is 88.9 Å². The van der Waals surface area contributed by atoms with Gasteiger partial charge in [-0.2, -0.15) is 0 Å². The van der Waals surface area contributed by atoms with Crippen molar-refractivity contribution in [3.05, 3.63) is 71.5 Å². The summed E-state index contributed by atoms with van der Waals surface area (Å²) >= 11 is 0. The molecule has 0 atom stereocenters. The van der Waals surface area contributed by atoms with Crippen molar-refractivity contribution in [1.29, 1.82) is 0 Å². The molecule has 3 rings (SSSR count). The van der Waals surface area contributed by atoms with E-state index in [4.69, 9.17) is 0 Å². The van der Waals surface area contributed by atoms with E-state index in [1.807, 2.05) is 19.9 Å². The summed E-state index contributed by atoms with van der Waals surface area (Å²) < 4.78 is 1.54. The van der Waals surface area contributed by atoms with Crippen molar-refractivity contribution in [1.82, 2.24) is 20.3 Å². The molecule has 0 spiro atoms. The van der Waals surface area contributed by atoms with Crippen LogP contribution in [0.15, 0.2) is 54.9 Å². The molecule has 1 heterocycles. The summed E-state index contributed by atoms with van der Waals surface area (Å²) in [5.74, 6) is -0.394. The molecule has 7 heteroatoms. The Morgan fingerprint density at radius 1 is 1.12 bits per heavy atom. The predicted octanol–water partition coefficient (Wildman–Crippen LogP) is 2.58. The summed E-state index contributed by atoms with van der Waals surface area (Å²) in [4.78, 5) is 24.7. The van der Waals surface area contributed by atoms with Crippen LogP contribution in [0.3, 0.4) is 0 Å². The minimum atomic E-state index is -0.259. The lowest BCUT2D eigenvalue weighted by Crippen LogP contribution is -2.23. The molecule has 2 aromatic carbocycles. The first kappa shape index (κ1) is 17.3. The van der Waals surface area contributed by atoms with Crippen molar-refractivity contribution >= 4 is 17.5 Å². The van der Waals surface area contributed by atoms with Crippen LogP contribution in [0.5, 0.6) is 0 Å². The highest BCUT2D eigenvalue weighted by Crippen LogP contribution is 2.20. The Labute approximate surface area is 151 Å². The van der Waals surface area contributed by atoms with Crippen LogP contribution in [0.1, 0.15) is 33.2 Å². The number of benzene rings is 2. The molecule has 1 aromatic heterocycles. The van der Waals surface area contributed by atoms with Gasteiger partial charge in [0.1, 0.15) is 0 Å². The Bertz CT molecular complexity index is 935. The molecule has 26 heavy (non-hydrogen) atoms. The quantitative estimate of drug-likeness (QED) is 0.741. The molecule has 0 aliphatic rings. The van der Waals surface area contributed by atoms with E-state index < -0.39 is 0 Å². The van der Waals surface area contributed by atoms with Crippen LogP contribution in [0.4, 0.5) is 5.69 Å². The third-order valence-corrected chi connectivity index (χ3v) is 3.89. The minimum absolute atomic E-state index is 0.134. The molecule has 0 aliphatic carbocycles. The SMILES string of the molecule is CCNC(=O)c1ccc(NC(=O)c2ccccc2-n2ccnn2)c(C)c1. The summed E-state index contributed by atoms with van der Waals surface area (Å²) in [6, 6.07) is 12.3. The number of nitrogens with zero attached hydrogens (tertiary/aromatic N) is 3. The average molecular weight is 349 g/mol. The fraction of sp³-hybridized carbons (Fsp3) is 0.158. The van der Waals surface area contributed by atoms with E-state index in [1.165, 1.54) is 0 Å². The number of aromatic nitrogens is 3. The fourth-order valence-corrected chi connectivity index (χ4v) is 2.60. The molecule has 0 saturated carbocycles. The number of amides is 2. The van der Waals surface area contributed by atoms with E-state index in [2.05, 4.69) is 20.9 Å². The van der Waals surface area contributed by atoms with Crippen LogP contribution >= 0.6 is 0 Å². The van der Waals surface area contributed by atoms with Gasteiger partial charge in [0.2, 0.25) is 0 Å². The first-order valence-electron chi connectivity index (χ1n) is 8.26. The van der Waals surface area contributed by atoms with Crippen molar-refractivity contribution in [2.45, 2.75) is 13.8 Å². The number of nitrogens with one attached hydrogen (secondary N) is 2. The number of para-hydroxylation sites is 1. The van der Waals surface area contributed by atoms with Crippen LogP contribution in [-0.4, -0.2) is 33.4 Å². The second-order valence-corrected chi connectivity index (χ2v) is 5.71. The molecule has 132 valence electrons. The first-order valence-corrected chi connectivity index (χ1v) is 8.26. The molecular formula is C19H19N5O2. The van der Waals surface area contributed by atoms with Gasteiger partial charge in [0, 0.05) is 17.8 Å². The molecule has 7 nitrogen and oxygen atoms in total. The Hall–Kier alpha value is -3.48. The number of aryl methyl sites for hydroxylation is 1. The van der Waals surface area contributed by atoms with Crippen molar-refractivity contribution in [3.63, 3.8) is 0 Å².